The largest absolute Gasteiger partial charge is 0.444 e. The molecule has 0 aliphatic carbocycles. The molecule has 0 radical (unpaired) electrons. The smallest absolute Gasteiger partial charge is 0.410 e. The minimum Gasteiger partial charge on any atom is -0.444 e. The summed E-state index contributed by atoms with van der Waals surface area (Å²) in [6, 6.07) is 4.77. The average Bonchev–Trinajstić information content (AvgIpc) is 2.45. The number of ether oxygens (including phenoxy) is 1. The molecule has 0 bridgehead atoms. The second kappa shape index (κ2) is 6.74. The van der Waals surface area contributed by atoms with Crippen LogP contribution < -0.4 is 4.90 Å². The minimum atomic E-state index is -0.692. The van der Waals surface area contributed by atoms with E-state index < -0.39 is 11.7 Å². The number of hydrogen-bond donors (Lipinski definition) is 1. The van der Waals surface area contributed by atoms with E-state index in [0.29, 0.717) is 37.4 Å². The molecule has 1 aliphatic rings. The van der Waals surface area contributed by atoms with Gasteiger partial charge in [0.1, 0.15) is 11.4 Å². The number of nitrogens with zero attached hydrogens (tertiary/aromatic N) is 2. The van der Waals surface area contributed by atoms with Crippen LogP contribution >= 0.6 is 0 Å². The number of aliphatic hydroxyl groups is 1. The number of amides is 1. The summed E-state index contributed by atoms with van der Waals surface area (Å²) < 4.78 is 19.6. The van der Waals surface area contributed by atoms with E-state index in [1.807, 2.05) is 25.7 Å². The number of aliphatic hydroxyl groups excluding tert-OH is 1. The number of rotatable bonds is 2. The lowest BCUT2D eigenvalue weighted by atomic mass is 10.1. The van der Waals surface area contributed by atoms with Gasteiger partial charge in [-0.05, 0) is 45.4 Å². The van der Waals surface area contributed by atoms with E-state index in [1.54, 1.807) is 24.0 Å². The van der Waals surface area contributed by atoms with Crippen LogP contribution in [0, 0.1) is 5.82 Å². The summed E-state index contributed by atoms with van der Waals surface area (Å²) >= 11 is 0. The van der Waals surface area contributed by atoms with E-state index in [2.05, 4.69) is 0 Å². The average molecular weight is 324 g/mol. The van der Waals surface area contributed by atoms with Crippen LogP contribution in [0.2, 0.25) is 0 Å². The molecule has 1 aromatic carbocycles. The first-order chi connectivity index (χ1) is 10.7. The van der Waals surface area contributed by atoms with Crippen LogP contribution in [0.15, 0.2) is 18.2 Å². The van der Waals surface area contributed by atoms with Crippen molar-refractivity contribution in [2.24, 2.45) is 0 Å². The number of carbonyl (C=O) groups excluding carboxylic acids is 1. The summed E-state index contributed by atoms with van der Waals surface area (Å²) in [5.41, 5.74) is 0.536. The predicted molar refractivity (Wildman–Crippen MR) is 87.1 cm³/mol. The molecule has 1 atom stereocenters. The first-order valence-corrected chi connectivity index (χ1v) is 7.88. The highest BCUT2D eigenvalue weighted by molar-refractivity contribution is 5.68. The monoisotopic (exact) mass is 324 g/mol. The molecule has 1 fully saturated rings. The molecular formula is C17H25FN2O3. The zero-order valence-corrected chi connectivity index (χ0v) is 14.2. The van der Waals surface area contributed by atoms with Crippen LogP contribution in [0.1, 0.15) is 39.4 Å². The molecule has 1 amide bonds. The van der Waals surface area contributed by atoms with Gasteiger partial charge in [0.25, 0.3) is 0 Å². The Morgan fingerprint density at radius 2 is 1.87 bits per heavy atom. The third-order valence-corrected chi connectivity index (χ3v) is 3.73. The fourth-order valence-electron chi connectivity index (χ4n) is 2.50. The maximum atomic E-state index is 14.2. The molecule has 5 nitrogen and oxygen atoms in total. The fraction of sp³-hybridized carbons (Fsp3) is 0.588. The lowest BCUT2D eigenvalue weighted by Crippen LogP contribution is -2.50. The Morgan fingerprint density at radius 1 is 1.26 bits per heavy atom. The van der Waals surface area contributed by atoms with Crippen molar-refractivity contribution in [1.82, 2.24) is 4.90 Å². The highest BCUT2D eigenvalue weighted by Gasteiger charge is 2.26. The van der Waals surface area contributed by atoms with E-state index >= 15 is 0 Å². The van der Waals surface area contributed by atoms with E-state index in [-0.39, 0.29) is 11.9 Å². The van der Waals surface area contributed by atoms with Crippen molar-refractivity contribution < 1.29 is 19.0 Å². The Balaban J connectivity index is 1.98. The highest BCUT2D eigenvalue weighted by atomic mass is 19.1. The summed E-state index contributed by atoms with van der Waals surface area (Å²) in [5, 5.41) is 9.50. The first-order valence-electron chi connectivity index (χ1n) is 7.88. The Morgan fingerprint density at radius 3 is 2.35 bits per heavy atom. The van der Waals surface area contributed by atoms with Gasteiger partial charge in [-0.2, -0.15) is 0 Å². The molecule has 128 valence electrons. The van der Waals surface area contributed by atoms with Gasteiger partial charge in [0.2, 0.25) is 0 Å². The number of carbonyl (C=O) groups is 1. The fourth-order valence-corrected chi connectivity index (χ4v) is 2.50. The second-order valence-corrected chi connectivity index (χ2v) is 6.84. The number of anilines is 1. The summed E-state index contributed by atoms with van der Waals surface area (Å²) in [6.45, 7) is 9.18. The van der Waals surface area contributed by atoms with Gasteiger partial charge in [0.15, 0.2) is 0 Å². The van der Waals surface area contributed by atoms with Gasteiger partial charge in [-0.1, -0.05) is 6.07 Å². The van der Waals surface area contributed by atoms with Crippen LogP contribution in [0.5, 0.6) is 0 Å². The van der Waals surface area contributed by atoms with Crippen molar-refractivity contribution in [1.29, 1.82) is 0 Å². The van der Waals surface area contributed by atoms with Crippen LogP contribution in [-0.2, 0) is 4.74 Å². The van der Waals surface area contributed by atoms with Crippen molar-refractivity contribution >= 4 is 11.8 Å². The predicted octanol–water partition coefficient (Wildman–Crippen LogP) is 2.94. The molecule has 1 heterocycles. The molecule has 23 heavy (non-hydrogen) atoms. The Labute approximate surface area is 136 Å². The topological polar surface area (TPSA) is 53.0 Å². The maximum Gasteiger partial charge on any atom is 0.410 e. The van der Waals surface area contributed by atoms with Crippen molar-refractivity contribution in [2.45, 2.75) is 39.4 Å². The van der Waals surface area contributed by atoms with E-state index in [9.17, 15) is 14.3 Å². The molecule has 1 aromatic rings. The SMILES string of the molecule is C[C@@H](O)c1ccc(N2CCN(C(=O)OC(C)(C)C)CC2)c(F)c1. The zero-order valence-electron chi connectivity index (χ0n) is 14.2. The summed E-state index contributed by atoms with van der Waals surface area (Å²) in [6.07, 6.45) is -1.02. The maximum absolute atomic E-state index is 14.2. The highest BCUT2D eigenvalue weighted by Crippen LogP contribution is 2.24. The van der Waals surface area contributed by atoms with Crippen molar-refractivity contribution in [3.63, 3.8) is 0 Å². The summed E-state index contributed by atoms with van der Waals surface area (Å²) in [5.74, 6) is -0.353. The van der Waals surface area contributed by atoms with Gasteiger partial charge in [-0.15, -0.1) is 0 Å². The standard InChI is InChI=1S/C17H25FN2O3/c1-12(21)13-5-6-15(14(18)11-13)19-7-9-20(10-8-19)16(22)23-17(2,3)4/h5-6,11-12,21H,7-10H2,1-4H3/t12-/m1/s1. The molecule has 0 spiro atoms. The molecular weight excluding hydrogens is 299 g/mol. The lowest BCUT2D eigenvalue weighted by molar-refractivity contribution is 0.0240. The van der Waals surface area contributed by atoms with Crippen LogP contribution in [0.4, 0.5) is 14.9 Å². The lowest BCUT2D eigenvalue weighted by Gasteiger charge is -2.36. The van der Waals surface area contributed by atoms with Gasteiger partial charge >= 0.3 is 6.09 Å². The summed E-state index contributed by atoms with van der Waals surface area (Å²) in [4.78, 5) is 15.6. The zero-order chi connectivity index (χ0) is 17.2. The van der Waals surface area contributed by atoms with Gasteiger partial charge < -0.3 is 19.6 Å². The molecule has 1 aliphatic heterocycles. The molecule has 1 N–H and O–H groups in total. The molecule has 0 aromatic heterocycles. The molecule has 1 saturated heterocycles. The van der Waals surface area contributed by atoms with Gasteiger partial charge in [0.05, 0.1) is 11.8 Å². The van der Waals surface area contributed by atoms with Crippen LogP contribution in [-0.4, -0.2) is 47.9 Å². The van der Waals surface area contributed by atoms with E-state index in [4.69, 9.17) is 4.74 Å². The third-order valence-electron chi connectivity index (χ3n) is 3.73. The number of piperazine rings is 1. The molecule has 2 rings (SSSR count). The Kier molecular flexibility index (Phi) is 5.14. The van der Waals surface area contributed by atoms with Crippen LogP contribution in [0.3, 0.4) is 0 Å². The minimum absolute atomic E-state index is 0.331. The number of hydrogen-bond acceptors (Lipinski definition) is 4. The van der Waals surface area contributed by atoms with Crippen LogP contribution in [0.25, 0.3) is 0 Å². The Bertz CT molecular complexity index is 561. The normalized spacial score (nSPS) is 17.1. The number of halogens is 1. The Hall–Kier alpha value is -1.82. The summed E-state index contributed by atoms with van der Waals surface area (Å²) in [7, 11) is 0. The molecule has 0 saturated carbocycles. The first kappa shape index (κ1) is 17.5. The van der Waals surface area contributed by atoms with Crippen molar-refractivity contribution in [3.05, 3.63) is 29.6 Å². The van der Waals surface area contributed by atoms with E-state index in [0.717, 1.165) is 0 Å². The van der Waals surface area contributed by atoms with Crippen molar-refractivity contribution in [2.75, 3.05) is 31.1 Å². The number of benzene rings is 1. The van der Waals surface area contributed by atoms with Gasteiger partial charge in [-0.3, -0.25) is 0 Å². The quantitative estimate of drug-likeness (QED) is 0.909. The molecule has 6 heteroatoms. The van der Waals surface area contributed by atoms with Gasteiger partial charge in [-0.25, -0.2) is 9.18 Å². The molecule has 0 unspecified atom stereocenters. The van der Waals surface area contributed by atoms with Gasteiger partial charge in [0, 0.05) is 26.2 Å². The third kappa shape index (κ3) is 4.58. The van der Waals surface area contributed by atoms with Crippen molar-refractivity contribution in [3.8, 4) is 0 Å². The van der Waals surface area contributed by atoms with E-state index in [1.165, 1.54) is 6.07 Å². The second-order valence-electron chi connectivity index (χ2n) is 6.84.